The van der Waals surface area contributed by atoms with Crippen molar-refractivity contribution in [3.05, 3.63) is 0 Å². The van der Waals surface area contributed by atoms with E-state index in [9.17, 15) is 19.2 Å². The molecule has 1 rings (SSSR count). The van der Waals surface area contributed by atoms with Crippen molar-refractivity contribution in [2.75, 3.05) is 19.1 Å². The Labute approximate surface area is 126 Å². The molecule has 0 aromatic rings. The molecule has 1 unspecified atom stereocenters. The number of likely N-dealkylation sites (tertiary alicyclic amines) is 1. The quantitative estimate of drug-likeness (QED) is 0.576. The monoisotopic (exact) mass is 317 g/mol. The number of carboxylic acids is 1. The van der Waals surface area contributed by atoms with E-state index in [1.165, 1.54) is 18.8 Å². The lowest BCUT2D eigenvalue weighted by Gasteiger charge is -2.28. The SMILES string of the molecule is CSCC[C@@H](NC(=O)NC1CCC(=O)N(C)C1=O)C(=O)O. The summed E-state index contributed by atoms with van der Waals surface area (Å²) in [5.74, 6) is -1.31. The topological polar surface area (TPSA) is 116 Å². The van der Waals surface area contributed by atoms with E-state index in [1.54, 1.807) is 0 Å². The van der Waals surface area contributed by atoms with Crippen LogP contribution < -0.4 is 10.6 Å². The highest BCUT2D eigenvalue weighted by molar-refractivity contribution is 7.98. The molecule has 21 heavy (non-hydrogen) atoms. The zero-order chi connectivity index (χ0) is 16.0. The molecule has 2 atom stereocenters. The fourth-order valence-corrected chi connectivity index (χ4v) is 2.37. The number of hydrogen-bond acceptors (Lipinski definition) is 5. The summed E-state index contributed by atoms with van der Waals surface area (Å²) in [5.41, 5.74) is 0. The van der Waals surface area contributed by atoms with E-state index < -0.39 is 30.0 Å². The lowest BCUT2D eigenvalue weighted by atomic mass is 10.1. The largest absolute Gasteiger partial charge is 0.480 e. The van der Waals surface area contributed by atoms with Crippen molar-refractivity contribution >= 4 is 35.6 Å². The molecule has 0 radical (unpaired) electrons. The molecule has 9 heteroatoms. The molecule has 1 aliphatic heterocycles. The Morgan fingerprint density at radius 2 is 2.14 bits per heavy atom. The summed E-state index contributed by atoms with van der Waals surface area (Å²) in [6.45, 7) is 0. The number of amides is 4. The van der Waals surface area contributed by atoms with Crippen LogP contribution in [0.3, 0.4) is 0 Å². The number of carbonyl (C=O) groups is 4. The van der Waals surface area contributed by atoms with Crippen molar-refractivity contribution in [3.8, 4) is 0 Å². The average molecular weight is 317 g/mol. The van der Waals surface area contributed by atoms with Gasteiger partial charge in [-0.3, -0.25) is 14.5 Å². The minimum Gasteiger partial charge on any atom is -0.480 e. The summed E-state index contributed by atoms with van der Waals surface area (Å²) in [6, 6.07) is -2.53. The molecule has 8 nitrogen and oxygen atoms in total. The van der Waals surface area contributed by atoms with Gasteiger partial charge in [-0.1, -0.05) is 0 Å². The van der Waals surface area contributed by atoms with E-state index in [2.05, 4.69) is 10.6 Å². The van der Waals surface area contributed by atoms with E-state index in [0.29, 0.717) is 12.2 Å². The van der Waals surface area contributed by atoms with Crippen LogP contribution in [0.2, 0.25) is 0 Å². The van der Waals surface area contributed by atoms with E-state index in [4.69, 9.17) is 5.11 Å². The van der Waals surface area contributed by atoms with Crippen LogP contribution in [-0.4, -0.2) is 65.0 Å². The third kappa shape index (κ3) is 4.92. The maximum Gasteiger partial charge on any atom is 0.326 e. The number of thioether (sulfide) groups is 1. The number of likely N-dealkylation sites (N-methyl/N-ethyl adjacent to an activating group) is 1. The first-order chi connectivity index (χ1) is 9.86. The zero-order valence-corrected chi connectivity index (χ0v) is 12.7. The van der Waals surface area contributed by atoms with Gasteiger partial charge >= 0.3 is 12.0 Å². The van der Waals surface area contributed by atoms with Crippen LogP contribution >= 0.6 is 11.8 Å². The molecule has 1 fully saturated rings. The minimum absolute atomic E-state index is 0.169. The zero-order valence-electron chi connectivity index (χ0n) is 11.9. The molecule has 4 amide bonds. The highest BCUT2D eigenvalue weighted by atomic mass is 32.2. The molecule has 1 saturated heterocycles. The van der Waals surface area contributed by atoms with E-state index in [0.717, 1.165) is 4.90 Å². The van der Waals surface area contributed by atoms with Gasteiger partial charge in [-0.2, -0.15) is 11.8 Å². The lowest BCUT2D eigenvalue weighted by molar-refractivity contribution is -0.147. The fourth-order valence-electron chi connectivity index (χ4n) is 1.90. The number of carbonyl (C=O) groups excluding carboxylic acids is 3. The Balaban J connectivity index is 2.54. The van der Waals surface area contributed by atoms with Gasteiger partial charge in [0.05, 0.1) is 0 Å². The number of aliphatic carboxylic acids is 1. The van der Waals surface area contributed by atoms with Crippen molar-refractivity contribution in [1.82, 2.24) is 15.5 Å². The summed E-state index contributed by atoms with van der Waals surface area (Å²) in [6.07, 6.45) is 2.52. The molecule has 1 heterocycles. The smallest absolute Gasteiger partial charge is 0.326 e. The Kier molecular flexibility index (Phi) is 6.47. The minimum atomic E-state index is -1.12. The molecule has 0 saturated carbocycles. The first-order valence-corrected chi connectivity index (χ1v) is 7.85. The number of imide groups is 1. The molecule has 118 valence electrons. The van der Waals surface area contributed by atoms with Crippen molar-refractivity contribution in [3.63, 3.8) is 0 Å². The molecule has 0 aromatic carbocycles. The number of hydrogen-bond donors (Lipinski definition) is 3. The highest BCUT2D eigenvalue weighted by Crippen LogP contribution is 2.11. The van der Waals surface area contributed by atoms with E-state index >= 15 is 0 Å². The first kappa shape index (κ1) is 17.3. The predicted molar refractivity (Wildman–Crippen MR) is 76.9 cm³/mol. The third-order valence-corrected chi connectivity index (χ3v) is 3.81. The molecule has 0 spiro atoms. The number of piperidine rings is 1. The molecule has 1 aliphatic rings. The van der Waals surface area contributed by atoms with E-state index in [-0.39, 0.29) is 18.7 Å². The summed E-state index contributed by atoms with van der Waals surface area (Å²) in [7, 11) is 1.36. The van der Waals surface area contributed by atoms with Gasteiger partial charge in [-0.05, 0) is 24.9 Å². The molecule has 0 bridgehead atoms. The number of nitrogens with one attached hydrogen (secondary N) is 2. The Morgan fingerprint density at radius 1 is 1.48 bits per heavy atom. The van der Waals surface area contributed by atoms with Gasteiger partial charge in [0.25, 0.3) is 5.91 Å². The maximum atomic E-state index is 11.8. The van der Waals surface area contributed by atoms with Crippen molar-refractivity contribution < 1.29 is 24.3 Å². The Hall–Kier alpha value is -1.77. The Morgan fingerprint density at radius 3 is 2.71 bits per heavy atom. The van der Waals surface area contributed by atoms with Crippen LogP contribution in [0.25, 0.3) is 0 Å². The van der Waals surface area contributed by atoms with Crippen LogP contribution in [-0.2, 0) is 14.4 Å². The molecular formula is C12H19N3O5S. The van der Waals surface area contributed by atoms with Crippen molar-refractivity contribution in [2.24, 2.45) is 0 Å². The summed E-state index contributed by atoms with van der Waals surface area (Å²) in [5, 5.41) is 13.8. The standard InChI is InChI=1S/C12H19N3O5S/c1-15-9(16)4-3-7(10(15)17)13-12(20)14-8(11(18)19)5-6-21-2/h7-8H,3-6H2,1-2H3,(H,18,19)(H2,13,14,20)/t7?,8-/m1/s1. The van der Waals surface area contributed by atoms with Crippen LogP contribution in [0, 0.1) is 0 Å². The van der Waals surface area contributed by atoms with E-state index in [1.807, 2.05) is 6.26 Å². The van der Waals surface area contributed by atoms with Gasteiger partial charge in [0.1, 0.15) is 12.1 Å². The summed E-state index contributed by atoms with van der Waals surface area (Å²) >= 11 is 1.48. The van der Waals surface area contributed by atoms with Gasteiger partial charge in [0.2, 0.25) is 5.91 Å². The summed E-state index contributed by atoms with van der Waals surface area (Å²) in [4.78, 5) is 46.9. The van der Waals surface area contributed by atoms with Crippen LogP contribution in [0.1, 0.15) is 19.3 Å². The number of carboxylic acid groups (broad SMARTS) is 1. The molecule has 0 aliphatic carbocycles. The second kappa shape index (κ2) is 7.87. The molecular weight excluding hydrogens is 298 g/mol. The Bertz CT molecular complexity index is 443. The lowest BCUT2D eigenvalue weighted by Crippen LogP contribution is -2.56. The predicted octanol–water partition coefficient (Wildman–Crippen LogP) is -0.361. The number of rotatable bonds is 6. The number of urea groups is 1. The third-order valence-electron chi connectivity index (χ3n) is 3.17. The van der Waals surface area contributed by atoms with Gasteiger partial charge < -0.3 is 15.7 Å². The average Bonchev–Trinajstić information content (AvgIpc) is 2.43. The maximum absolute atomic E-state index is 11.8. The van der Waals surface area contributed by atoms with Gasteiger partial charge in [0, 0.05) is 13.5 Å². The molecule has 3 N–H and O–H groups in total. The number of nitrogens with zero attached hydrogens (tertiary/aromatic N) is 1. The van der Waals surface area contributed by atoms with Crippen molar-refractivity contribution in [1.29, 1.82) is 0 Å². The highest BCUT2D eigenvalue weighted by Gasteiger charge is 2.33. The first-order valence-electron chi connectivity index (χ1n) is 6.46. The van der Waals surface area contributed by atoms with Crippen LogP contribution in [0.4, 0.5) is 4.79 Å². The van der Waals surface area contributed by atoms with Gasteiger partial charge in [-0.15, -0.1) is 0 Å². The van der Waals surface area contributed by atoms with Gasteiger partial charge in [-0.25, -0.2) is 9.59 Å². The normalized spacial score (nSPS) is 20.1. The summed E-state index contributed by atoms with van der Waals surface area (Å²) < 4.78 is 0. The van der Waals surface area contributed by atoms with Crippen LogP contribution in [0.15, 0.2) is 0 Å². The fraction of sp³-hybridized carbons (Fsp3) is 0.667. The van der Waals surface area contributed by atoms with Crippen LogP contribution in [0.5, 0.6) is 0 Å². The second-order valence-electron chi connectivity index (χ2n) is 4.67. The molecule has 0 aromatic heterocycles. The van der Waals surface area contributed by atoms with Gasteiger partial charge in [0.15, 0.2) is 0 Å². The van der Waals surface area contributed by atoms with Crippen molar-refractivity contribution in [2.45, 2.75) is 31.3 Å². The second-order valence-corrected chi connectivity index (χ2v) is 5.66.